The van der Waals surface area contributed by atoms with Crippen LogP contribution in [0.5, 0.6) is 0 Å². The minimum atomic E-state index is 0.0386. The maximum atomic E-state index is 11.8. The molecule has 0 radical (unpaired) electrons. The fourth-order valence-electron chi connectivity index (χ4n) is 1.08. The van der Waals surface area contributed by atoms with E-state index in [0.29, 0.717) is 5.56 Å². The summed E-state index contributed by atoms with van der Waals surface area (Å²) < 4.78 is 0.841. The summed E-state index contributed by atoms with van der Waals surface area (Å²) in [5.41, 5.74) is 0.745. The van der Waals surface area contributed by atoms with Gasteiger partial charge in [-0.3, -0.25) is 4.79 Å². The van der Waals surface area contributed by atoms with E-state index in [2.05, 4.69) is 36.7 Å². The molecular formula is C13H15BrO. The molecule has 15 heavy (non-hydrogen) atoms. The first-order chi connectivity index (χ1) is 6.90. The Hall–Kier alpha value is -0.890. The van der Waals surface area contributed by atoms with Crippen molar-refractivity contribution in [1.29, 1.82) is 0 Å². The Morgan fingerprint density at radius 3 is 2.40 bits per heavy atom. The number of hydrogen-bond donors (Lipinski definition) is 0. The Morgan fingerprint density at radius 2 is 1.87 bits per heavy atom. The van der Waals surface area contributed by atoms with Crippen LogP contribution in [-0.2, 0) is 0 Å². The molecule has 2 heteroatoms. The molecule has 0 aliphatic rings. The molecule has 0 spiro atoms. The van der Waals surface area contributed by atoms with Crippen molar-refractivity contribution in [3.63, 3.8) is 0 Å². The second kappa shape index (κ2) is 4.75. The van der Waals surface area contributed by atoms with Gasteiger partial charge in [-0.2, -0.15) is 0 Å². The Kier molecular flexibility index (Phi) is 3.86. The van der Waals surface area contributed by atoms with Gasteiger partial charge < -0.3 is 0 Å². The Morgan fingerprint density at radius 1 is 1.27 bits per heavy atom. The maximum absolute atomic E-state index is 11.8. The predicted octanol–water partition coefficient (Wildman–Crippen LogP) is 4.23. The van der Waals surface area contributed by atoms with Crippen molar-refractivity contribution in [2.75, 3.05) is 0 Å². The molecule has 0 amide bonds. The van der Waals surface area contributed by atoms with E-state index in [9.17, 15) is 4.79 Å². The van der Waals surface area contributed by atoms with E-state index in [1.165, 1.54) is 0 Å². The van der Waals surface area contributed by atoms with Crippen molar-refractivity contribution in [3.05, 3.63) is 46.5 Å². The van der Waals surface area contributed by atoms with Gasteiger partial charge in [-0.05, 0) is 23.6 Å². The zero-order valence-corrected chi connectivity index (χ0v) is 10.8. The fourth-order valence-corrected chi connectivity index (χ4v) is 1.56. The molecule has 0 aliphatic carbocycles. The highest BCUT2D eigenvalue weighted by molar-refractivity contribution is 9.10. The molecule has 0 aromatic heterocycles. The first-order valence-corrected chi connectivity index (χ1v) is 5.67. The number of benzene rings is 1. The summed E-state index contributed by atoms with van der Waals surface area (Å²) in [7, 11) is 0. The smallest absolute Gasteiger partial charge is 0.186 e. The SMILES string of the molecule is CC(C)(C)/C=C/C(=O)c1ccccc1Br. The summed E-state index contributed by atoms with van der Waals surface area (Å²) in [5.74, 6) is 0.0393. The molecule has 0 bridgehead atoms. The lowest BCUT2D eigenvalue weighted by molar-refractivity contribution is 0.104. The van der Waals surface area contributed by atoms with Gasteiger partial charge in [0.05, 0.1) is 0 Å². The first kappa shape index (κ1) is 12.2. The minimum absolute atomic E-state index is 0.0386. The number of allylic oxidation sites excluding steroid dienone is 2. The molecule has 0 saturated carbocycles. The van der Waals surface area contributed by atoms with Crippen molar-refractivity contribution >= 4 is 21.7 Å². The number of rotatable bonds is 2. The van der Waals surface area contributed by atoms with Gasteiger partial charge in [0.1, 0.15) is 0 Å². The summed E-state index contributed by atoms with van der Waals surface area (Å²) in [6.45, 7) is 6.20. The lowest BCUT2D eigenvalue weighted by Crippen LogP contribution is -2.02. The average Bonchev–Trinajstić information content (AvgIpc) is 2.14. The molecule has 0 heterocycles. The van der Waals surface area contributed by atoms with Gasteiger partial charge in [-0.15, -0.1) is 0 Å². The molecule has 1 aromatic rings. The third-order valence-corrected chi connectivity index (χ3v) is 2.57. The van der Waals surface area contributed by atoms with Crippen LogP contribution in [-0.4, -0.2) is 5.78 Å². The molecule has 1 aromatic carbocycles. The van der Waals surface area contributed by atoms with Crippen LogP contribution in [0.2, 0.25) is 0 Å². The minimum Gasteiger partial charge on any atom is -0.289 e. The van der Waals surface area contributed by atoms with E-state index >= 15 is 0 Å². The summed E-state index contributed by atoms with van der Waals surface area (Å²) >= 11 is 3.36. The van der Waals surface area contributed by atoms with Crippen molar-refractivity contribution < 1.29 is 4.79 Å². The van der Waals surface area contributed by atoms with Crippen molar-refractivity contribution in [2.45, 2.75) is 20.8 Å². The van der Waals surface area contributed by atoms with Gasteiger partial charge in [0, 0.05) is 10.0 Å². The quantitative estimate of drug-likeness (QED) is 0.578. The standard InChI is InChI=1S/C13H15BrO/c1-13(2,3)9-8-12(15)10-6-4-5-7-11(10)14/h4-9H,1-3H3/b9-8+. The van der Waals surface area contributed by atoms with E-state index in [-0.39, 0.29) is 11.2 Å². The van der Waals surface area contributed by atoms with Gasteiger partial charge in [0.15, 0.2) is 5.78 Å². The lowest BCUT2D eigenvalue weighted by Gasteiger charge is -2.10. The molecule has 0 atom stereocenters. The first-order valence-electron chi connectivity index (χ1n) is 4.88. The highest BCUT2D eigenvalue weighted by atomic mass is 79.9. The second-order valence-electron chi connectivity index (χ2n) is 4.54. The van der Waals surface area contributed by atoms with Gasteiger partial charge in [-0.1, -0.05) is 54.9 Å². The van der Waals surface area contributed by atoms with Crippen LogP contribution in [0.15, 0.2) is 40.9 Å². The molecule has 0 aliphatic heterocycles. The molecule has 0 saturated heterocycles. The van der Waals surface area contributed by atoms with Crippen molar-refractivity contribution in [3.8, 4) is 0 Å². The van der Waals surface area contributed by atoms with E-state index in [1.807, 2.05) is 30.3 Å². The molecule has 0 unspecified atom stereocenters. The topological polar surface area (TPSA) is 17.1 Å². The summed E-state index contributed by atoms with van der Waals surface area (Å²) in [5, 5.41) is 0. The lowest BCUT2D eigenvalue weighted by atomic mass is 9.95. The van der Waals surface area contributed by atoms with Crippen LogP contribution in [0.3, 0.4) is 0 Å². The van der Waals surface area contributed by atoms with E-state index in [1.54, 1.807) is 6.08 Å². The zero-order valence-electron chi connectivity index (χ0n) is 9.25. The van der Waals surface area contributed by atoms with E-state index < -0.39 is 0 Å². The van der Waals surface area contributed by atoms with Crippen LogP contribution in [0, 0.1) is 5.41 Å². The molecule has 0 fully saturated rings. The molecule has 80 valence electrons. The average molecular weight is 267 g/mol. The number of ketones is 1. The summed E-state index contributed by atoms with van der Waals surface area (Å²) in [6.07, 6.45) is 3.56. The van der Waals surface area contributed by atoms with Crippen LogP contribution in [0.1, 0.15) is 31.1 Å². The van der Waals surface area contributed by atoms with Crippen molar-refractivity contribution in [1.82, 2.24) is 0 Å². The Labute approximate surface area is 99.3 Å². The number of carbonyl (C=O) groups excluding carboxylic acids is 1. The number of carbonyl (C=O) groups is 1. The monoisotopic (exact) mass is 266 g/mol. The fraction of sp³-hybridized carbons (Fsp3) is 0.308. The van der Waals surface area contributed by atoms with Gasteiger partial charge in [0.25, 0.3) is 0 Å². The van der Waals surface area contributed by atoms with Crippen LogP contribution in [0.4, 0.5) is 0 Å². The molecular weight excluding hydrogens is 252 g/mol. The molecule has 1 rings (SSSR count). The van der Waals surface area contributed by atoms with E-state index in [0.717, 1.165) is 4.47 Å². The maximum Gasteiger partial charge on any atom is 0.186 e. The highest BCUT2D eigenvalue weighted by Crippen LogP contribution is 2.19. The predicted molar refractivity (Wildman–Crippen MR) is 67.1 cm³/mol. The van der Waals surface area contributed by atoms with Crippen LogP contribution >= 0.6 is 15.9 Å². The summed E-state index contributed by atoms with van der Waals surface area (Å²) in [4.78, 5) is 11.8. The zero-order chi connectivity index (χ0) is 11.5. The molecule has 1 nitrogen and oxygen atoms in total. The van der Waals surface area contributed by atoms with Crippen LogP contribution < -0.4 is 0 Å². The number of hydrogen-bond acceptors (Lipinski definition) is 1. The Balaban J connectivity index is 2.88. The Bertz CT molecular complexity index is 386. The third-order valence-electron chi connectivity index (χ3n) is 1.87. The largest absolute Gasteiger partial charge is 0.289 e. The third kappa shape index (κ3) is 4.00. The van der Waals surface area contributed by atoms with Crippen molar-refractivity contribution in [2.24, 2.45) is 5.41 Å². The molecule has 0 N–H and O–H groups in total. The normalized spacial score (nSPS) is 12.0. The van der Waals surface area contributed by atoms with Gasteiger partial charge in [0.2, 0.25) is 0 Å². The summed E-state index contributed by atoms with van der Waals surface area (Å²) in [6, 6.07) is 7.45. The van der Waals surface area contributed by atoms with E-state index in [4.69, 9.17) is 0 Å². The highest BCUT2D eigenvalue weighted by Gasteiger charge is 2.08. The second-order valence-corrected chi connectivity index (χ2v) is 5.40. The van der Waals surface area contributed by atoms with Gasteiger partial charge >= 0.3 is 0 Å². The number of halogens is 1. The van der Waals surface area contributed by atoms with Gasteiger partial charge in [-0.25, -0.2) is 0 Å². The van der Waals surface area contributed by atoms with Crippen LogP contribution in [0.25, 0.3) is 0 Å².